The summed E-state index contributed by atoms with van der Waals surface area (Å²) >= 11 is 1.75. The molecule has 0 aliphatic carbocycles. The lowest BCUT2D eigenvalue weighted by molar-refractivity contribution is -0.146. The minimum atomic E-state index is -0.191. The normalized spacial score (nSPS) is 12.6. The number of esters is 1. The Bertz CT molecular complexity index is 502. The Morgan fingerprint density at radius 1 is 1.22 bits per heavy atom. The van der Waals surface area contributed by atoms with Gasteiger partial charge in [-0.15, -0.1) is 11.8 Å². The largest absolute Gasteiger partial charge is 0.462 e. The van der Waals surface area contributed by atoms with E-state index in [-0.39, 0.29) is 17.5 Å². The highest BCUT2D eigenvalue weighted by molar-refractivity contribution is 7.99. The zero-order valence-electron chi connectivity index (χ0n) is 15.1. The number of hydrogen-bond donors (Lipinski definition) is 0. The van der Waals surface area contributed by atoms with Crippen LogP contribution in [0.15, 0.2) is 46.9 Å². The summed E-state index contributed by atoms with van der Waals surface area (Å²) in [6.45, 7) is 10.3. The average molecular weight is 335 g/mol. The number of carbonyl (C=O) groups excluding carboxylic acids is 1. The minimum Gasteiger partial charge on any atom is -0.462 e. The van der Waals surface area contributed by atoms with Crippen molar-refractivity contribution in [3.63, 3.8) is 0 Å². The van der Waals surface area contributed by atoms with Gasteiger partial charge in [-0.3, -0.25) is 4.79 Å². The second kappa shape index (κ2) is 9.82. The predicted molar refractivity (Wildman–Crippen MR) is 99.8 cm³/mol. The molecule has 23 heavy (non-hydrogen) atoms. The molecule has 1 atom stereocenters. The van der Waals surface area contributed by atoms with E-state index in [9.17, 15) is 4.79 Å². The summed E-state index contributed by atoms with van der Waals surface area (Å²) in [6, 6.07) is 10.3. The molecule has 0 aromatic heterocycles. The first-order valence-corrected chi connectivity index (χ1v) is 9.25. The molecule has 0 heterocycles. The van der Waals surface area contributed by atoms with Crippen LogP contribution in [0.1, 0.15) is 53.9 Å². The van der Waals surface area contributed by atoms with Crippen molar-refractivity contribution in [2.45, 2.75) is 64.9 Å². The van der Waals surface area contributed by atoms with Crippen LogP contribution in [0.3, 0.4) is 0 Å². The summed E-state index contributed by atoms with van der Waals surface area (Å²) in [5.74, 6) is 0.610. The van der Waals surface area contributed by atoms with Crippen LogP contribution in [0.25, 0.3) is 0 Å². The lowest BCUT2D eigenvalue weighted by atomic mass is 9.82. The molecule has 1 aromatic rings. The van der Waals surface area contributed by atoms with Crippen molar-refractivity contribution in [2.75, 3.05) is 5.75 Å². The second-order valence-electron chi connectivity index (χ2n) is 7.04. The van der Waals surface area contributed by atoms with Crippen LogP contribution in [0.4, 0.5) is 0 Å². The van der Waals surface area contributed by atoms with E-state index in [1.807, 2.05) is 18.2 Å². The topological polar surface area (TPSA) is 26.3 Å². The van der Waals surface area contributed by atoms with Gasteiger partial charge in [0.15, 0.2) is 0 Å². The Hall–Kier alpha value is -1.22. The van der Waals surface area contributed by atoms with Gasteiger partial charge in [-0.25, -0.2) is 0 Å². The van der Waals surface area contributed by atoms with E-state index in [1.54, 1.807) is 11.8 Å². The molecule has 1 aromatic carbocycles. The van der Waals surface area contributed by atoms with Gasteiger partial charge in [0, 0.05) is 17.6 Å². The Labute approximate surface area is 145 Å². The fourth-order valence-electron chi connectivity index (χ4n) is 2.55. The highest BCUT2D eigenvalue weighted by atomic mass is 32.2. The fourth-order valence-corrected chi connectivity index (χ4v) is 3.46. The summed E-state index contributed by atoms with van der Waals surface area (Å²) in [7, 11) is 0. The molecule has 0 spiro atoms. The van der Waals surface area contributed by atoms with Gasteiger partial charge < -0.3 is 4.74 Å². The zero-order chi connectivity index (χ0) is 17.3. The first-order chi connectivity index (χ1) is 10.8. The standard InChI is InChI=1S/C20H30O2S/c1-16(2)10-9-13-20(4,5)14-18(22-17(3)21)15-23-19-11-7-6-8-12-19/h6-8,10-12,18H,9,13-15H2,1-5H3. The molecule has 0 aliphatic rings. The fraction of sp³-hybridized carbons (Fsp3) is 0.550. The van der Waals surface area contributed by atoms with Gasteiger partial charge in [0.1, 0.15) is 6.10 Å². The molecule has 0 N–H and O–H groups in total. The van der Waals surface area contributed by atoms with Crippen molar-refractivity contribution in [1.82, 2.24) is 0 Å². The van der Waals surface area contributed by atoms with Crippen molar-refractivity contribution in [3.8, 4) is 0 Å². The molecule has 0 aliphatic heterocycles. The molecule has 0 amide bonds. The van der Waals surface area contributed by atoms with Crippen molar-refractivity contribution >= 4 is 17.7 Å². The van der Waals surface area contributed by atoms with Crippen LogP contribution >= 0.6 is 11.8 Å². The van der Waals surface area contributed by atoms with Crippen molar-refractivity contribution in [2.24, 2.45) is 5.41 Å². The third kappa shape index (κ3) is 9.50. The SMILES string of the molecule is CC(=O)OC(CSc1ccccc1)CC(C)(C)CCC=C(C)C. The van der Waals surface area contributed by atoms with Crippen molar-refractivity contribution < 1.29 is 9.53 Å². The summed E-state index contributed by atoms with van der Waals surface area (Å²) in [4.78, 5) is 12.6. The van der Waals surface area contributed by atoms with Crippen molar-refractivity contribution in [1.29, 1.82) is 0 Å². The van der Waals surface area contributed by atoms with Crippen LogP contribution in [-0.2, 0) is 9.53 Å². The minimum absolute atomic E-state index is 0.0422. The van der Waals surface area contributed by atoms with Gasteiger partial charge in [-0.1, -0.05) is 43.7 Å². The molecule has 0 bridgehead atoms. The number of hydrogen-bond acceptors (Lipinski definition) is 3. The summed E-state index contributed by atoms with van der Waals surface area (Å²) in [6.07, 6.45) is 5.31. The third-order valence-electron chi connectivity index (χ3n) is 3.67. The highest BCUT2D eigenvalue weighted by Crippen LogP contribution is 2.32. The van der Waals surface area contributed by atoms with Crippen LogP contribution in [0.2, 0.25) is 0 Å². The summed E-state index contributed by atoms with van der Waals surface area (Å²) in [5.41, 5.74) is 1.51. The first-order valence-electron chi connectivity index (χ1n) is 8.27. The number of benzene rings is 1. The number of carbonyl (C=O) groups is 1. The number of rotatable bonds is 9. The van der Waals surface area contributed by atoms with Gasteiger partial charge >= 0.3 is 5.97 Å². The zero-order valence-corrected chi connectivity index (χ0v) is 15.9. The molecule has 1 unspecified atom stereocenters. The Balaban J connectivity index is 2.58. The lowest BCUT2D eigenvalue weighted by Crippen LogP contribution is -2.27. The third-order valence-corrected chi connectivity index (χ3v) is 4.81. The second-order valence-corrected chi connectivity index (χ2v) is 8.14. The molecule has 3 heteroatoms. The maximum atomic E-state index is 11.4. The smallest absolute Gasteiger partial charge is 0.302 e. The molecule has 0 saturated heterocycles. The van der Waals surface area contributed by atoms with Crippen LogP contribution < -0.4 is 0 Å². The van der Waals surface area contributed by atoms with E-state index in [4.69, 9.17) is 4.74 Å². The predicted octanol–water partition coefficient (Wildman–Crippen LogP) is 5.87. The Morgan fingerprint density at radius 3 is 2.43 bits per heavy atom. The van der Waals surface area contributed by atoms with E-state index in [1.165, 1.54) is 17.4 Å². The molecule has 0 saturated carbocycles. The Morgan fingerprint density at radius 2 is 1.87 bits per heavy atom. The number of ether oxygens (including phenoxy) is 1. The van der Waals surface area contributed by atoms with Crippen LogP contribution in [-0.4, -0.2) is 17.8 Å². The first kappa shape index (κ1) is 19.8. The molecule has 0 fully saturated rings. The quantitative estimate of drug-likeness (QED) is 0.321. The van der Waals surface area contributed by atoms with Crippen LogP contribution in [0.5, 0.6) is 0 Å². The molecule has 128 valence electrons. The van der Waals surface area contributed by atoms with Gasteiger partial charge in [0.2, 0.25) is 0 Å². The Kier molecular flexibility index (Phi) is 8.46. The molecular formula is C20H30O2S. The number of thioether (sulfide) groups is 1. The maximum Gasteiger partial charge on any atom is 0.302 e. The van der Waals surface area contributed by atoms with Gasteiger partial charge in [-0.2, -0.15) is 0 Å². The lowest BCUT2D eigenvalue weighted by Gasteiger charge is -2.29. The van der Waals surface area contributed by atoms with E-state index >= 15 is 0 Å². The van der Waals surface area contributed by atoms with Gasteiger partial charge in [0.25, 0.3) is 0 Å². The molecular weight excluding hydrogens is 304 g/mol. The maximum absolute atomic E-state index is 11.4. The molecule has 0 radical (unpaired) electrons. The molecule has 1 rings (SSSR count). The van der Waals surface area contributed by atoms with Crippen LogP contribution in [0, 0.1) is 5.41 Å². The van der Waals surface area contributed by atoms with E-state index in [0.29, 0.717) is 0 Å². The number of allylic oxidation sites excluding steroid dienone is 2. The monoisotopic (exact) mass is 334 g/mol. The average Bonchev–Trinajstić information content (AvgIpc) is 2.44. The van der Waals surface area contributed by atoms with Crippen molar-refractivity contribution in [3.05, 3.63) is 42.0 Å². The van der Waals surface area contributed by atoms with Gasteiger partial charge in [-0.05, 0) is 50.7 Å². The van der Waals surface area contributed by atoms with E-state index < -0.39 is 0 Å². The molecule has 2 nitrogen and oxygen atoms in total. The summed E-state index contributed by atoms with van der Waals surface area (Å²) in [5, 5.41) is 0. The summed E-state index contributed by atoms with van der Waals surface area (Å²) < 4.78 is 5.56. The van der Waals surface area contributed by atoms with Gasteiger partial charge in [0.05, 0.1) is 0 Å². The highest BCUT2D eigenvalue weighted by Gasteiger charge is 2.25. The van der Waals surface area contributed by atoms with E-state index in [2.05, 4.69) is 45.9 Å². The van der Waals surface area contributed by atoms with E-state index in [0.717, 1.165) is 25.0 Å².